The van der Waals surface area contributed by atoms with Crippen molar-refractivity contribution in [3.63, 3.8) is 0 Å². The molecule has 1 N–H and O–H groups in total. The summed E-state index contributed by atoms with van der Waals surface area (Å²) in [5.74, 6) is 0.349. The SMILES string of the molecule is CS(=O)(=O)c1ccc(-c2nc3ccc(C(=O)N4CCN(Cc5ccccc5F)CC4)cc3[nH]2)cc1. The molecule has 1 saturated heterocycles. The Bertz CT molecular complexity index is 1490. The lowest BCUT2D eigenvalue weighted by molar-refractivity contribution is 0.0627. The first-order chi connectivity index (χ1) is 16.8. The van der Waals surface area contributed by atoms with E-state index in [0.29, 0.717) is 49.7 Å². The van der Waals surface area contributed by atoms with Crippen LogP contribution in [0.5, 0.6) is 0 Å². The molecule has 0 aliphatic carbocycles. The molecule has 2 heterocycles. The Kier molecular flexibility index (Phi) is 6.12. The normalized spacial score (nSPS) is 15.0. The summed E-state index contributed by atoms with van der Waals surface area (Å²) in [5.41, 5.74) is 3.45. The zero-order valence-electron chi connectivity index (χ0n) is 19.2. The van der Waals surface area contributed by atoms with Crippen LogP contribution < -0.4 is 0 Å². The highest BCUT2D eigenvalue weighted by Crippen LogP contribution is 2.23. The van der Waals surface area contributed by atoms with E-state index in [1.54, 1.807) is 48.5 Å². The van der Waals surface area contributed by atoms with Gasteiger partial charge in [-0.1, -0.05) is 18.2 Å². The fourth-order valence-corrected chi connectivity index (χ4v) is 4.93. The largest absolute Gasteiger partial charge is 0.338 e. The molecule has 7 nitrogen and oxygen atoms in total. The number of benzene rings is 3. The van der Waals surface area contributed by atoms with Gasteiger partial charge in [0, 0.05) is 55.7 Å². The molecular weight excluding hydrogens is 467 g/mol. The number of sulfone groups is 1. The zero-order chi connectivity index (χ0) is 24.6. The van der Waals surface area contributed by atoms with Crippen LogP contribution in [0.25, 0.3) is 22.4 Å². The Labute approximate surface area is 203 Å². The Hall–Kier alpha value is -3.56. The highest BCUT2D eigenvalue weighted by Gasteiger charge is 2.23. The van der Waals surface area contributed by atoms with Crippen LogP contribution in [0.3, 0.4) is 0 Å². The van der Waals surface area contributed by atoms with Crippen molar-refractivity contribution in [3.8, 4) is 11.4 Å². The summed E-state index contributed by atoms with van der Waals surface area (Å²) in [5, 5.41) is 0. The van der Waals surface area contributed by atoms with Gasteiger partial charge in [0.15, 0.2) is 9.84 Å². The van der Waals surface area contributed by atoms with Gasteiger partial charge < -0.3 is 9.88 Å². The average molecular weight is 493 g/mol. The highest BCUT2D eigenvalue weighted by molar-refractivity contribution is 7.90. The number of aromatic nitrogens is 2. The molecule has 0 saturated carbocycles. The molecule has 3 aromatic carbocycles. The van der Waals surface area contributed by atoms with Crippen molar-refractivity contribution in [1.82, 2.24) is 19.8 Å². The molecule has 1 aliphatic rings. The van der Waals surface area contributed by atoms with Gasteiger partial charge in [0.05, 0.1) is 15.9 Å². The lowest BCUT2D eigenvalue weighted by atomic mass is 10.1. The van der Waals surface area contributed by atoms with E-state index in [4.69, 9.17) is 0 Å². The van der Waals surface area contributed by atoms with Gasteiger partial charge in [-0.2, -0.15) is 0 Å². The highest BCUT2D eigenvalue weighted by atomic mass is 32.2. The molecule has 1 aromatic heterocycles. The van der Waals surface area contributed by atoms with Crippen LogP contribution in [-0.2, 0) is 16.4 Å². The first kappa shape index (κ1) is 23.2. The molecule has 1 aliphatic heterocycles. The number of nitrogens with zero attached hydrogens (tertiary/aromatic N) is 3. The summed E-state index contributed by atoms with van der Waals surface area (Å²) < 4.78 is 37.3. The van der Waals surface area contributed by atoms with Crippen LogP contribution in [-0.4, -0.2) is 66.5 Å². The Balaban J connectivity index is 1.27. The van der Waals surface area contributed by atoms with E-state index in [0.717, 1.165) is 16.6 Å². The van der Waals surface area contributed by atoms with E-state index in [-0.39, 0.29) is 16.6 Å². The van der Waals surface area contributed by atoms with Gasteiger partial charge in [-0.25, -0.2) is 17.8 Å². The molecule has 1 fully saturated rings. The number of fused-ring (bicyclic) bond motifs is 1. The van der Waals surface area contributed by atoms with Crippen molar-refractivity contribution in [2.75, 3.05) is 32.4 Å². The summed E-state index contributed by atoms with van der Waals surface area (Å²) >= 11 is 0. The van der Waals surface area contributed by atoms with E-state index in [1.165, 1.54) is 12.3 Å². The maximum absolute atomic E-state index is 14.0. The number of piperazine rings is 1. The third-order valence-corrected chi connectivity index (χ3v) is 7.42. The molecule has 0 bridgehead atoms. The first-order valence-electron chi connectivity index (χ1n) is 11.3. The van der Waals surface area contributed by atoms with Crippen LogP contribution in [0.15, 0.2) is 71.6 Å². The van der Waals surface area contributed by atoms with Crippen LogP contribution in [0.4, 0.5) is 4.39 Å². The number of aromatic amines is 1. The molecule has 0 unspecified atom stereocenters. The lowest BCUT2D eigenvalue weighted by Gasteiger charge is -2.34. The summed E-state index contributed by atoms with van der Waals surface area (Å²) in [7, 11) is -3.27. The Morgan fingerprint density at radius 3 is 2.40 bits per heavy atom. The number of hydrogen-bond acceptors (Lipinski definition) is 5. The Morgan fingerprint density at radius 1 is 1.00 bits per heavy atom. The van der Waals surface area contributed by atoms with Crippen molar-refractivity contribution in [1.29, 1.82) is 0 Å². The minimum atomic E-state index is -3.27. The van der Waals surface area contributed by atoms with E-state index in [2.05, 4.69) is 14.9 Å². The van der Waals surface area contributed by atoms with E-state index in [9.17, 15) is 17.6 Å². The summed E-state index contributed by atoms with van der Waals surface area (Å²) in [6, 6.07) is 18.7. The molecule has 35 heavy (non-hydrogen) atoms. The zero-order valence-corrected chi connectivity index (χ0v) is 20.1. The van der Waals surface area contributed by atoms with Gasteiger partial charge in [0.2, 0.25) is 0 Å². The van der Waals surface area contributed by atoms with Gasteiger partial charge in [0.25, 0.3) is 5.91 Å². The van der Waals surface area contributed by atoms with Gasteiger partial charge in [-0.05, 0) is 48.5 Å². The third kappa shape index (κ3) is 4.96. The predicted molar refractivity (Wildman–Crippen MR) is 132 cm³/mol. The smallest absolute Gasteiger partial charge is 0.254 e. The first-order valence-corrected chi connectivity index (χ1v) is 13.2. The Morgan fingerprint density at radius 2 is 1.71 bits per heavy atom. The second-order valence-electron chi connectivity index (χ2n) is 8.77. The van der Waals surface area contributed by atoms with Gasteiger partial charge >= 0.3 is 0 Å². The van der Waals surface area contributed by atoms with E-state index < -0.39 is 9.84 Å². The standard InChI is InChI=1S/C26H25FN4O3S/c1-35(33,34)21-9-6-18(7-10-21)25-28-23-11-8-19(16-24(23)29-25)26(32)31-14-12-30(13-15-31)17-20-4-2-3-5-22(20)27/h2-11,16H,12-15,17H2,1H3,(H,28,29). The van der Waals surface area contributed by atoms with Crippen LogP contribution in [0, 0.1) is 5.82 Å². The maximum atomic E-state index is 14.0. The summed E-state index contributed by atoms with van der Waals surface area (Å²) in [4.78, 5) is 25.2. The number of H-pyrrole nitrogens is 1. The predicted octanol–water partition coefficient (Wildman–Crippen LogP) is 3.73. The van der Waals surface area contributed by atoms with Gasteiger partial charge in [-0.3, -0.25) is 9.69 Å². The molecule has 0 spiro atoms. The van der Waals surface area contributed by atoms with Crippen LogP contribution >= 0.6 is 0 Å². The molecule has 4 aromatic rings. The molecule has 5 rings (SSSR count). The van der Waals surface area contributed by atoms with Crippen molar-refractivity contribution in [3.05, 3.63) is 83.7 Å². The van der Waals surface area contributed by atoms with Gasteiger partial charge in [0.1, 0.15) is 11.6 Å². The monoisotopic (exact) mass is 492 g/mol. The topological polar surface area (TPSA) is 86.4 Å². The number of imidazole rings is 1. The second-order valence-corrected chi connectivity index (χ2v) is 10.8. The molecule has 0 radical (unpaired) electrons. The number of carbonyl (C=O) groups is 1. The maximum Gasteiger partial charge on any atom is 0.254 e. The van der Waals surface area contributed by atoms with Crippen LogP contribution in [0.2, 0.25) is 0 Å². The lowest BCUT2D eigenvalue weighted by Crippen LogP contribution is -2.48. The van der Waals surface area contributed by atoms with Crippen molar-refractivity contribution in [2.45, 2.75) is 11.4 Å². The number of hydrogen-bond donors (Lipinski definition) is 1. The number of rotatable bonds is 5. The fraction of sp³-hybridized carbons (Fsp3) is 0.231. The number of carbonyl (C=O) groups excluding carboxylic acids is 1. The van der Waals surface area contributed by atoms with E-state index >= 15 is 0 Å². The van der Waals surface area contributed by atoms with E-state index in [1.807, 2.05) is 17.0 Å². The molecule has 1 amide bonds. The van der Waals surface area contributed by atoms with Gasteiger partial charge in [-0.15, -0.1) is 0 Å². The minimum absolute atomic E-state index is 0.0499. The van der Waals surface area contributed by atoms with Crippen LogP contribution in [0.1, 0.15) is 15.9 Å². The number of halogens is 1. The summed E-state index contributed by atoms with van der Waals surface area (Å²) in [6.07, 6.45) is 1.17. The molecule has 180 valence electrons. The quantitative estimate of drug-likeness (QED) is 0.459. The molecule has 0 atom stereocenters. The number of amides is 1. The second kappa shape index (κ2) is 9.24. The third-order valence-electron chi connectivity index (χ3n) is 6.30. The minimum Gasteiger partial charge on any atom is -0.338 e. The molecular formula is C26H25FN4O3S. The van der Waals surface area contributed by atoms with Crippen molar-refractivity contribution in [2.24, 2.45) is 0 Å². The number of nitrogens with one attached hydrogen (secondary N) is 1. The van der Waals surface area contributed by atoms with Crippen molar-refractivity contribution < 1.29 is 17.6 Å². The van der Waals surface area contributed by atoms with Crippen molar-refractivity contribution >= 4 is 26.8 Å². The fourth-order valence-electron chi connectivity index (χ4n) is 4.30. The summed E-state index contributed by atoms with van der Waals surface area (Å²) in [6.45, 7) is 3.04. The average Bonchev–Trinajstić information content (AvgIpc) is 3.29. The molecule has 9 heteroatoms.